The fourth-order valence-corrected chi connectivity index (χ4v) is 2.85. The smallest absolute Gasteiger partial charge is 0.407 e. The Balaban J connectivity index is 2.30. The predicted octanol–water partition coefficient (Wildman–Crippen LogP) is 4.17. The molecule has 0 bridgehead atoms. The molecular formula is C23H30N2O4. The van der Waals surface area contributed by atoms with Crippen molar-refractivity contribution in [3.63, 3.8) is 0 Å². The molecule has 156 valence electrons. The van der Waals surface area contributed by atoms with E-state index < -0.39 is 29.7 Å². The van der Waals surface area contributed by atoms with Crippen molar-refractivity contribution in [2.24, 2.45) is 0 Å². The van der Waals surface area contributed by atoms with Gasteiger partial charge in [0, 0.05) is 5.69 Å². The minimum atomic E-state index is -0.787. The number of nitrogens with one attached hydrogen (secondary N) is 2. The molecule has 0 fully saturated rings. The molecule has 0 aliphatic heterocycles. The Morgan fingerprint density at radius 2 is 1.55 bits per heavy atom. The van der Waals surface area contributed by atoms with Gasteiger partial charge in [-0.25, -0.2) is 9.59 Å². The van der Waals surface area contributed by atoms with E-state index >= 15 is 0 Å². The van der Waals surface area contributed by atoms with Crippen LogP contribution in [0, 0.1) is 0 Å². The molecule has 0 spiro atoms. The van der Waals surface area contributed by atoms with E-state index in [9.17, 15) is 9.59 Å². The van der Waals surface area contributed by atoms with E-state index in [1.807, 2.05) is 60.7 Å². The van der Waals surface area contributed by atoms with Crippen molar-refractivity contribution in [2.75, 3.05) is 11.9 Å². The lowest BCUT2D eigenvalue weighted by Crippen LogP contribution is -2.53. The second-order valence-corrected chi connectivity index (χ2v) is 7.68. The van der Waals surface area contributed by atoms with Gasteiger partial charge in [0.15, 0.2) is 0 Å². The third-order valence-electron chi connectivity index (χ3n) is 4.04. The fourth-order valence-electron chi connectivity index (χ4n) is 2.85. The van der Waals surface area contributed by atoms with Crippen molar-refractivity contribution >= 4 is 17.7 Å². The number of hydrogen-bond acceptors (Lipinski definition) is 5. The molecule has 2 atom stereocenters. The van der Waals surface area contributed by atoms with Gasteiger partial charge in [-0.3, -0.25) is 0 Å². The number of carbonyl (C=O) groups excluding carboxylic acids is 2. The number of esters is 1. The number of hydrogen-bond donors (Lipinski definition) is 2. The molecule has 0 aliphatic carbocycles. The van der Waals surface area contributed by atoms with Crippen LogP contribution in [0.15, 0.2) is 60.7 Å². The van der Waals surface area contributed by atoms with Crippen LogP contribution in [0.25, 0.3) is 0 Å². The summed E-state index contributed by atoms with van der Waals surface area (Å²) >= 11 is 0. The number of carbonyl (C=O) groups is 2. The van der Waals surface area contributed by atoms with E-state index in [0.717, 1.165) is 11.3 Å². The number of alkyl carbamates (subject to hydrolysis) is 1. The highest BCUT2D eigenvalue weighted by molar-refractivity contribution is 5.81. The highest BCUT2D eigenvalue weighted by Crippen LogP contribution is 2.15. The fraction of sp³-hybridized carbons (Fsp3) is 0.391. The topological polar surface area (TPSA) is 76.7 Å². The summed E-state index contributed by atoms with van der Waals surface area (Å²) in [5.41, 5.74) is 1.10. The lowest BCUT2D eigenvalue weighted by molar-refractivity contribution is -0.144. The first kappa shape index (κ1) is 22.3. The first-order valence-electron chi connectivity index (χ1n) is 9.80. The maximum absolute atomic E-state index is 12.8. The van der Waals surface area contributed by atoms with Crippen molar-refractivity contribution < 1.29 is 19.1 Å². The Kier molecular flexibility index (Phi) is 8.07. The Labute approximate surface area is 172 Å². The summed E-state index contributed by atoms with van der Waals surface area (Å²) < 4.78 is 10.7. The molecule has 0 heterocycles. The molecule has 6 nitrogen and oxygen atoms in total. The van der Waals surface area contributed by atoms with Crippen LogP contribution in [0.2, 0.25) is 0 Å². The van der Waals surface area contributed by atoms with E-state index in [-0.39, 0.29) is 6.61 Å². The van der Waals surface area contributed by atoms with Crippen molar-refractivity contribution in [1.82, 2.24) is 5.32 Å². The van der Waals surface area contributed by atoms with Gasteiger partial charge in [0.05, 0.1) is 12.6 Å². The van der Waals surface area contributed by atoms with E-state index in [0.29, 0.717) is 6.42 Å². The Hall–Kier alpha value is -3.02. The minimum Gasteiger partial charge on any atom is -0.464 e. The van der Waals surface area contributed by atoms with E-state index in [1.165, 1.54) is 0 Å². The van der Waals surface area contributed by atoms with Gasteiger partial charge in [-0.2, -0.15) is 0 Å². The summed E-state index contributed by atoms with van der Waals surface area (Å²) in [5.74, 6) is -0.437. The van der Waals surface area contributed by atoms with Crippen molar-refractivity contribution in [1.29, 1.82) is 0 Å². The highest BCUT2D eigenvalue weighted by atomic mass is 16.6. The number of rotatable bonds is 8. The summed E-state index contributed by atoms with van der Waals surface area (Å²) in [6, 6.07) is 17.7. The lowest BCUT2D eigenvalue weighted by atomic mass is 9.99. The SMILES string of the molecule is CCOC(=O)C(Nc1ccccc1)C(Cc1ccccc1)NC(=O)OC(C)(C)C. The molecule has 0 aliphatic rings. The van der Waals surface area contributed by atoms with Gasteiger partial charge < -0.3 is 20.1 Å². The maximum atomic E-state index is 12.8. The van der Waals surface area contributed by atoms with Crippen LogP contribution in [-0.2, 0) is 20.7 Å². The first-order chi connectivity index (χ1) is 13.8. The van der Waals surface area contributed by atoms with Gasteiger partial charge >= 0.3 is 12.1 Å². The Morgan fingerprint density at radius 3 is 2.10 bits per heavy atom. The zero-order valence-corrected chi connectivity index (χ0v) is 17.5. The summed E-state index contributed by atoms with van der Waals surface area (Å²) in [5, 5.41) is 6.06. The van der Waals surface area contributed by atoms with Crippen LogP contribution in [0.1, 0.15) is 33.3 Å². The number of para-hydroxylation sites is 1. The van der Waals surface area contributed by atoms with Gasteiger partial charge in [0.1, 0.15) is 11.6 Å². The maximum Gasteiger partial charge on any atom is 0.407 e. The summed E-state index contributed by atoms with van der Waals surface area (Å²) in [7, 11) is 0. The van der Waals surface area contributed by atoms with Crippen LogP contribution in [0.4, 0.5) is 10.5 Å². The molecule has 0 aromatic heterocycles. The average Bonchev–Trinajstić information content (AvgIpc) is 2.66. The van der Waals surface area contributed by atoms with Crippen LogP contribution in [-0.4, -0.2) is 36.4 Å². The van der Waals surface area contributed by atoms with E-state index in [1.54, 1.807) is 27.7 Å². The highest BCUT2D eigenvalue weighted by Gasteiger charge is 2.32. The lowest BCUT2D eigenvalue weighted by Gasteiger charge is -2.29. The number of ether oxygens (including phenoxy) is 2. The van der Waals surface area contributed by atoms with Crippen LogP contribution < -0.4 is 10.6 Å². The molecule has 0 saturated heterocycles. The molecule has 0 radical (unpaired) electrons. The minimum absolute atomic E-state index is 0.246. The quantitative estimate of drug-likeness (QED) is 0.653. The summed E-state index contributed by atoms with van der Waals surface area (Å²) in [4.78, 5) is 25.3. The molecule has 29 heavy (non-hydrogen) atoms. The molecule has 0 saturated carbocycles. The van der Waals surface area contributed by atoms with Crippen molar-refractivity contribution in [3.05, 3.63) is 66.2 Å². The zero-order valence-electron chi connectivity index (χ0n) is 17.5. The number of anilines is 1. The van der Waals surface area contributed by atoms with Crippen molar-refractivity contribution in [3.8, 4) is 0 Å². The number of benzene rings is 2. The monoisotopic (exact) mass is 398 g/mol. The molecule has 2 N–H and O–H groups in total. The second kappa shape index (κ2) is 10.5. The first-order valence-corrected chi connectivity index (χ1v) is 9.80. The van der Waals surface area contributed by atoms with Gasteiger partial charge in [0.25, 0.3) is 0 Å². The normalized spacial score (nSPS) is 13.1. The van der Waals surface area contributed by atoms with Gasteiger partial charge in [-0.1, -0.05) is 48.5 Å². The van der Waals surface area contributed by atoms with Gasteiger partial charge in [-0.15, -0.1) is 0 Å². The molecule has 6 heteroatoms. The second-order valence-electron chi connectivity index (χ2n) is 7.68. The van der Waals surface area contributed by atoms with Crippen LogP contribution >= 0.6 is 0 Å². The summed E-state index contributed by atoms with van der Waals surface area (Å²) in [6.07, 6.45) is -0.147. The molecular weight excluding hydrogens is 368 g/mol. The predicted molar refractivity (Wildman–Crippen MR) is 114 cm³/mol. The van der Waals surface area contributed by atoms with Crippen molar-refractivity contribution in [2.45, 2.75) is 51.8 Å². The van der Waals surface area contributed by atoms with Crippen LogP contribution in [0.5, 0.6) is 0 Å². The largest absolute Gasteiger partial charge is 0.464 e. The number of amides is 1. The third-order valence-corrected chi connectivity index (χ3v) is 4.04. The van der Waals surface area contributed by atoms with Gasteiger partial charge in [0.2, 0.25) is 0 Å². The van der Waals surface area contributed by atoms with E-state index in [2.05, 4.69) is 10.6 Å². The molecule has 1 amide bonds. The summed E-state index contributed by atoms with van der Waals surface area (Å²) in [6.45, 7) is 7.39. The van der Waals surface area contributed by atoms with Gasteiger partial charge in [-0.05, 0) is 51.8 Å². The molecule has 2 aromatic carbocycles. The molecule has 2 unspecified atom stereocenters. The standard InChI is InChI=1S/C23H30N2O4/c1-5-28-21(26)20(24-18-14-10-7-11-15-18)19(16-17-12-8-6-9-13-17)25-22(27)29-23(2,3)4/h6-15,19-20,24H,5,16H2,1-4H3,(H,25,27). The molecule has 2 aromatic rings. The van der Waals surface area contributed by atoms with Crippen LogP contribution in [0.3, 0.4) is 0 Å². The molecule has 2 rings (SSSR count). The van der Waals surface area contributed by atoms with E-state index in [4.69, 9.17) is 9.47 Å². The third kappa shape index (κ3) is 7.86. The average molecular weight is 399 g/mol. The Morgan fingerprint density at radius 1 is 0.966 bits per heavy atom. The Bertz CT molecular complexity index is 772. The zero-order chi connectivity index (χ0) is 21.3.